The fourth-order valence-corrected chi connectivity index (χ4v) is 4.33. The maximum atomic E-state index is 5.89. The first kappa shape index (κ1) is 17.8. The molecule has 0 bridgehead atoms. The first-order valence-corrected chi connectivity index (χ1v) is 10.5. The van der Waals surface area contributed by atoms with Gasteiger partial charge in [0.2, 0.25) is 0 Å². The summed E-state index contributed by atoms with van der Waals surface area (Å²) in [4.78, 5) is 11.9. The van der Waals surface area contributed by atoms with Crippen LogP contribution >= 0.6 is 0 Å². The lowest BCUT2D eigenvalue weighted by atomic mass is 10.1. The Kier molecular flexibility index (Phi) is 5.06. The van der Waals surface area contributed by atoms with Crippen LogP contribution in [-0.2, 0) is 11.3 Å². The van der Waals surface area contributed by atoms with E-state index in [4.69, 9.17) is 9.72 Å². The number of piperidine rings is 1. The normalized spacial score (nSPS) is 21.2. The van der Waals surface area contributed by atoms with Crippen LogP contribution in [0.3, 0.4) is 0 Å². The Morgan fingerprint density at radius 3 is 2.79 bits per heavy atom. The molecule has 0 amide bonds. The molecule has 1 atom stereocenters. The van der Waals surface area contributed by atoms with Crippen LogP contribution in [0.5, 0.6) is 0 Å². The van der Waals surface area contributed by atoms with E-state index in [-0.39, 0.29) is 6.23 Å². The Morgan fingerprint density at radius 2 is 1.93 bits per heavy atom. The number of nitrogens with zero attached hydrogens (tertiary/aromatic N) is 5. The summed E-state index contributed by atoms with van der Waals surface area (Å²) in [5, 5.41) is 4.56. The van der Waals surface area contributed by atoms with Gasteiger partial charge in [-0.15, -0.1) is 0 Å². The van der Waals surface area contributed by atoms with Gasteiger partial charge in [0.05, 0.1) is 17.4 Å². The number of ether oxygens (including phenoxy) is 1. The van der Waals surface area contributed by atoms with Crippen molar-refractivity contribution >= 4 is 11.0 Å². The highest BCUT2D eigenvalue weighted by molar-refractivity contribution is 5.78. The minimum atomic E-state index is 0.0356. The van der Waals surface area contributed by atoms with Crippen LogP contribution in [-0.4, -0.2) is 44.3 Å². The van der Waals surface area contributed by atoms with Crippen molar-refractivity contribution in [3.63, 3.8) is 0 Å². The van der Waals surface area contributed by atoms with Gasteiger partial charge in [0.1, 0.15) is 5.52 Å². The summed E-state index contributed by atoms with van der Waals surface area (Å²) in [6.45, 7) is 4.17. The third kappa shape index (κ3) is 3.66. The summed E-state index contributed by atoms with van der Waals surface area (Å²) in [5.41, 5.74) is 5.22. The Morgan fingerprint density at radius 1 is 1.00 bits per heavy atom. The molecule has 0 radical (unpaired) electrons. The zero-order chi connectivity index (χ0) is 18.8. The summed E-state index contributed by atoms with van der Waals surface area (Å²) >= 11 is 0. The molecule has 2 saturated heterocycles. The minimum Gasteiger partial charge on any atom is -0.356 e. The van der Waals surface area contributed by atoms with E-state index in [2.05, 4.69) is 33.2 Å². The van der Waals surface area contributed by atoms with Gasteiger partial charge < -0.3 is 4.74 Å². The van der Waals surface area contributed by atoms with E-state index in [0.717, 1.165) is 48.3 Å². The third-order valence-corrected chi connectivity index (χ3v) is 5.83. The van der Waals surface area contributed by atoms with Gasteiger partial charge in [-0.25, -0.2) is 9.67 Å². The van der Waals surface area contributed by atoms with Crippen molar-refractivity contribution in [2.24, 2.45) is 0 Å². The van der Waals surface area contributed by atoms with Gasteiger partial charge in [-0.3, -0.25) is 9.88 Å². The summed E-state index contributed by atoms with van der Waals surface area (Å²) in [7, 11) is 0. The molecule has 0 spiro atoms. The van der Waals surface area contributed by atoms with Crippen molar-refractivity contribution in [2.45, 2.75) is 51.3 Å². The molecule has 2 aliphatic rings. The summed E-state index contributed by atoms with van der Waals surface area (Å²) < 4.78 is 7.87. The molecule has 0 N–H and O–H groups in total. The van der Waals surface area contributed by atoms with Gasteiger partial charge in [0, 0.05) is 31.1 Å². The molecular weight excluding hydrogens is 350 g/mol. The molecule has 0 aromatic carbocycles. The van der Waals surface area contributed by atoms with E-state index in [1.807, 2.05) is 23.3 Å². The van der Waals surface area contributed by atoms with Gasteiger partial charge in [0.25, 0.3) is 0 Å². The molecule has 0 aliphatic carbocycles. The van der Waals surface area contributed by atoms with Gasteiger partial charge in [-0.1, -0.05) is 6.42 Å². The molecule has 0 saturated carbocycles. The van der Waals surface area contributed by atoms with Crippen LogP contribution in [0.1, 0.15) is 50.3 Å². The first-order chi connectivity index (χ1) is 13.9. The highest BCUT2D eigenvalue weighted by Crippen LogP contribution is 2.27. The number of pyridine rings is 2. The monoisotopic (exact) mass is 377 g/mol. The Labute approximate surface area is 165 Å². The van der Waals surface area contributed by atoms with E-state index < -0.39 is 0 Å². The number of rotatable bonds is 4. The second kappa shape index (κ2) is 7.97. The van der Waals surface area contributed by atoms with Crippen molar-refractivity contribution in [3.05, 3.63) is 42.4 Å². The molecule has 2 fully saturated rings. The summed E-state index contributed by atoms with van der Waals surface area (Å²) in [6.07, 6.45) is 13.1. The number of hydrogen-bond acceptors (Lipinski definition) is 5. The lowest BCUT2D eigenvalue weighted by Gasteiger charge is -2.26. The maximum absolute atomic E-state index is 5.89. The van der Waals surface area contributed by atoms with Crippen LogP contribution < -0.4 is 0 Å². The lowest BCUT2D eigenvalue weighted by Crippen LogP contribution is -2.29. The number of hydrogen-bond donors (Lipinski definition) is 0. The second-order valence-electron chi connectivity index (χ2n) is 7.93. The van der Waals surface area contributed by atoms with Gasteiger partial charge in [-0.05, 0) is 69.0 Å². The molecular formula is C22H27N5O. The molecule has 6 heteroatoms. The molecule has 3 aromatic heterocycles. The van der Waals surface area contributed by atoms with Crippen LogP contribution in [0.2, 0.25) is 0 Å². The lowest BCUT2D eigenvalue weighted by molar-refractivity contribution is -0.0366. The second-order valence-corrected chi connectivity index (χ2v) is 7.93. The van der Waals surface area contributed by atoms with Crippen molar-refractivity contribution < 1.29 is 4.74 Å². The zero-order valence-electron chi connectivity index (χ0n) is 16.3. The largest absolute Gasteiger partial charge is 0.356 e. The smallest absolute Gasteiger partial charge is 0.150 e. The summed E-state index contributed by atoms with van der Waals surface area (Å²) in [6, 6.07) is 6.41. The molecule has 3 aromatic rings. The van der Waals surface area contributed by atoms with E-state index in [9.17, 15) is 0 Å². The average Bonchev–Trinajstić information content (AvgIpc) is 3.19. The first-order valence-electron chi connectivity index (χ1n) is 10.5. The Hall–Kier alpha value is -2.31. The highest BCUT2D eigenvalue weighted by Gasteiger charge is 2.19. The van der Waals surface area contributed by atoms with Crippen LogP contribution in [0.25, 0.3) is 22.3 Å². The molecule has 146 valence electrons. The Bertz CT molecular complexity index is 941. The van der Waals surface area contributed by atoms with E-state index >= 15 is 0 Å². The van der Waals surface area contributed by atoms with Crippen molar-refractivity contribution in [1.82, 2.24) is 24.6 Å². The quantitative estimate of drug-likeness (QED) is 0.683. The molecule has 5 rings (SSSR count). The SMILES string of the molecule is c1ncc(-c2ccc3c(cnn3C3CCCCO3)n2)cc1CN1CCCCC1. The predicted octanol–water partition coefficient (Wildman–Crippen LogP) is 4.18. The number of aromatic nitrogens is 4. The van der Waals surface area contributed by atoms with Gasteiger partial charge in [0.15, 0.2) is 6.23 Å². The predicted molar refractivity (Wildman–Crippen MR) is 109 cm³/mol. The minimum absolute atomic E-state index is 0.0356. The van der Waals surface area contributed by atoms with Gasteiger partial charge >= 0.3 is 0 Å². The number of fused-ring (bicyclic) bond motifs is 1. The standard InChI is InChI=1S/C22H27N5O/c1-3-9-26(10-4-1)16-17-12-18(14-23-13-17)19-7-8-21-20(25-19)15-24-27(21)22-6-2-5-11-28-22/h7-8,12-15,22H,1-6,9-11,16H2. The van der Waals surface area contributed by atoms with Crippen LogP contribution in [0, 0.1) is 0 Å². The van der Waals surface area contributed by atoms with E-state index in [1.54, 1.807) is 0 Å². The third-order valence-electron chi connectivity index (χ3n) is 5.83. The van der Waals surface area contributed by atoms with Crippen molar-refractivity contribution in [1.29, 1.82) is 0 Å². The Balaban J connectivity index is 1.39. The van der Waals surface area contributed by atoms with E-state index in [1.165, 1.54) is 44.3 Å². The molecule has 5 heterocycles. The van der Waals surface area contributed by atoms with Gasteiger partial charge in [-0.2, -0.15) is 5.10 Å². The van der Waals surface area contributed by atoms with Crippen LogP contribution in [0.4, 0.5) is 0 Å². The summed E-state index contributed by atoms with van der Waals surface area (Å²) in [5.74, 6) is 0. The molecule has 1 unspecified atom stereocenters. The van der Waals surface area contributed by atoms with Crippen molar-refractivity contribution in [2.75, 3.05) is 19.7 Å². The molecule has 28 heavy (non-hydrogen) atoms. The van der Waals surface area contributed by atoms with Crippen molar-refractivity contribution in [3.8, 4) is 11.3 Å². The fraction of sp³-hybridized carbons (Fsp3) is 0.500. The van der Waals surface area contributed by atoms with E-state index in [0.29, 0.717) is 0 Å². The average molecular weight is 377 g/mol. The zero-order valence-corrected chi connectivity index (χ0v) is 16.3. The van der Waals surface area contributed by atoms with Crippen LogP contribution in [0.15, 0.2) is 36.8 Å². The number of likely N-dealkylation sites (tertiary alicyclic amines) is 1. The molecule has 6 nitrogen and oxygen atoms in total. The fourth-order valence-electron chi connectivity index (χ4n) is 4.33. The molecule has 2 aliphatic heterocycles. The topological polar surface area (TPSA) is 56.1 Å². The highest BCUT2D eigenvalue weighted by atomic mass is 16.5. The maximum Gasteiger partial charge on any atom is 0.150 e.